The summed E-state index contributed by atoms with van der Waals surface area (Å²) in [5, 5.41) is 0. The predicted octanol–water partition coefficient (Wildman–Crippen LogP) is 12.5. The summed E-state index contributed by atoms with van der Waals surface area (Å²) in [5.41, 5.74) is 15.4. The van der Waals surface area contributed by atoms with Gasteiger partial charge in [-0.25, -0.2) is 15.0 Å². The highest BCUT2D eigenvalue weighted by Gasteiger charge is 2.44. The molecule has 54 heavy (non-hydrogen) atoms. The van der Waals surface area contributed by atoms with Crippen LogP contribution in [0.25, 0.3) is 78.7 Å². The van der Waals surface area contributed by atoms with E-state index in [1.165, 1.54) is 59.9 Å². The predicted molar refractivity (Wildman–Crippen MR) is 220 cm³/mol. The van der Waals surface area contributed by atoms with E-state index in [0.29, 0.717) is 17.5 Å². The molecule has 4 heteroatoms. The first-order valence-corrected chi connectivity index (χ1v) is 19.0. The first-order chi connectivity index (χ1) is 26.7. The van der Waals surface area contributed by atoms with Crippen molar-refractivity contribution in [3.8, 4) is 78.7 Å². The summed E-state index contributed by atoms with van der Waals surface area (Å²) in [6.45, 7) is 0. The number of rotatable bonds is 6. The maximum Gasteiger partial charge on any atom is 0.164 e. The van der Waals surface area contributed by atoms with E-state index in [9.17, 15) is 0 Å². The van der Waals surface area contributed by atoms with Gasteiger partial charge in [-0.3, -0.25) is 4.98 Å². The number of nitrogens with zero attached hydrogens (tertiary/aromatic N) is 4. The molecule has 0 N–H and O–H groups in total. The Balaban J connectivity index is 1.13. The molecule has 2 aliphatic carbocycles. The summed E-state index contributed by atoms with van der Waals surface area (Å²) in [5.74, 6) is 1.96. The van der Waals surface area contributed by atoms with Crippen molar-refractivity contribution in [1.29, 1.82) is 0 Å². The topological polar surface area (TPSA) is 51.6 Å². The molecule has 10 rings (SSSR count). The molecule has 4 nitrogen and oxygen atoms in total. The van der Waals surface area contributed by atoms with Crippen molar-refractivity contribution in [3.05, 3.63) is 181 Å². The molecule has 0 atom stereocenters. The lowest BCUT2D eigenvalue weighted by atomic mass is 9.67. The Labute approximate surface area is 316 Å². The van der Waals surface area contributed by atoms with Gasteiger partial charge < -0.3 is 0 Å². The van der Waals surface area contributed by atoms with Crippen LogP contribution in [0.1, 0.15) is 43.2 Å². The van der Waals surface area contributed by atoms with Gasteiger partial charge in [0.05, 0.1) is 0 Å². The van der Waals surface area contributed by atoms with E-state index < -0.39 is 0 Å². The van der Waals surface area contributed by atoms with Crippen LogP contribution in [0.5, 0.6) is 0 Å². The first-order valence-electron chi connectivity index (χ1n) is 19.0. The monoisotopic (exact) mass is 694 g/mol. The van der Waals surface area contributed by atoms with Crippen LogP contribution < -0.4 is 0 Å². The van der Waals surface area contributed by atoms with Crippen molar-refractivity contribution < 1.29 is 0 Å². The third-order valence-electron chi connectivity index (χ3n) is 11.5. The third kappa shape index (κ3) is 5.54. The molecule has 0 radical (unpaired) electrons. The van der Waals surface area contributed by atoms with Crippen molar-refractivity contribution >= 4 is 0 Å². The molecular weight excluding hydrogens is 657 g/mol. The lowest BCUT2D eigenvalue weighted by molar-refractivity contribution is 0.353. The molecule has 258 valence electrons. The fraction of sp³-hybridized carbons (Fsp3) is 0.120. The van der Waals surface area contributed by atoms with Crippen LogP contribution in [0, 0.1) is 0 Å². The number of hydrogen-bond acceptors (Lipinski definition) is 4. The molecular formula is C50H38N4. The zero-order chi connectivity index (χ0) is 35.9. The number of pyridine rings is 1. The van der Waals surface area contributed by atoms with Gasteiger partial charge in [-0.2, -0.15) is 0 Å². The average Bonchev–Trinajstić information content (AvgIpc) is 3.51. The number of hydrogen-bond donors (Lipinski definition) is 0. The second kappa shape index (κ2) is 13.5. The maximum atomic E-state index is 5.26. The van der Waals surface area contributed by atoms with Crippen LogP contribution in [-0.2, 0) is 5.41 Å². The minimum Gasteiger partial charge on any atom is -0.264 e. The fourth-order valence-electron chi connectivity index (χ4n) is 8.89. The summed E-state index contributed by atoms with van der Waals surface area (Å²) in [4.78, 5) is 20.0. The molecule has 2 heterocycles. The van der Waals surface area contributed by atoms with E-state index in [1.54, 1.807) is 0 Å². The highest BCUT2D eigenvalue weighted by molar-refractivity contribution is 5.90. The first kappa shape index (κ1) is 32.2. The average molecular weight is 695 g/mol. The number of aromatic nitrogens is 4. The Hall–Kier alpha value is -6.52. The van der Waals surface area contributed by atoms with Gasteiger partial charge >= 0.3 is 0 Å². The Morgan fingerprint density at radius 1 is 0.352 bits per heavy atom. The zero-order valence-electron chi connectivity index (χ0n) is 30.0. The van der Waals surface area contributed by atoms with Crippen LogP contribution in [0.4, 0.5) is 0 Å². The third-order valence-corrected chi connectivity index (χ3v) is 11.5. The SMILES string of the molecule is c1ccc(-c2nc(-c3ccccc3-c3ccccc3)nc(-c3ccccc3-c3ccc4c(c3)-c3ccc(-c5cccnc5)cc3C43CCCCC3)n2)cc1. The Kier molecular flexibility index (Phi) is 8.02. The zero-order valence-corrected chi connectivity index (χ0v) is 30.0. The van der Waals surface area contributed by atoms with Gasteiger partial charge in [-0.1, -0.05) is 159 Å². The van der Waals surface area contributed by atoms with Crippen molar-refractivity contribution in [2.24, 2.45) is 0 Å². The van der Waals surface area contributed by atoms with Gasteiger partial charge in [-0.15, -0.1) is 0 Å². The summed E-state index contributed by atoms with van der Waals surface area (Å²) in [6.07, 6.45) is 9.98. The Morgan fingerprint density at radius 3 is 1.59 bits per heavy atom. The molecule has 6 aromatic carbocycles. The fourth-order valence-corrected chi connectivity index (χ4v) is 8.89. The van der Waals surface area contributed by atoms with E-state index >= 15 is 0 Å². The maximum absolute atomic E-state index is 5.26. The van der Waals surface area contributed by atoms with Crippen molar-refractivity contribution in [1.82, 2.24) is 19.9 Å². The molecule has 0 saturated heterocycles. The molecule has 1 spiro atoms. The summed E-state index contributed by atoms with van der Waals surface area (Å²) in [6, 6.07) is 56.1. The van der Waals surface area contributed by atoms with Crippen molar-refractivity contribution in [2.45, 2.75) is 37.5 Å². The summed E-state index contributed by atoms with van der Waals surface area (Å²) in [7, 11) is 0. The van der Waals surface area contributed by atoms with Gasteiger partial charge in [-0.05, 0) is 86.7 Å². The highest BCUT2D eigenvalue weighted by Crippen LogP contribution is 2.57. The molecule has 0 unspecified atom stereocenters. The van der Waals surface area contributed by atoms with E-state index in [4.69, 9.17) is 15.0 Å². The highest BCUT2D eigenvalue weighted by atomic mass is 15.0. The Bertz CT molecular complexity index is 2630. The normalized spacial score (nSPS) is 14.1. The molecule has 0 aliphatic heterocycles. The lowest BCUT2D eigenvalue weighted by Crippen LogP contribution is -2.28. The second-order valence-corrected chi connectivity index (χ2v) is 14.5. The Morgan fingerprint density at radius 2 is 0.926 bits per heavy atom. The lowest BCUT2D eigenvalue weighted by Gasteiger charge is -2.36. The molecule has 0 amide bonds. The van der Waals surface area contributed by atoms with Gasteiger partial charge in [0.2, 0.25) is 0 Å². The van der Waals surface area contributed by atoms with Crippen molar-refractivity contribution in [3.63, 3.8) is 0 Å². The summed E-state index contributed by atoms with van der Waals surface area (Å²) < 4.78 is 0. The van der Waals surface area contributed by atoms with E-state index in [1.807, 2.05) is 42.7 Å². The van der Waals surface area contributed by atoms with Crippen LogP contribution in [0.2, 0.25) is 0 Å². The number of benzene rings is 6. The van der Waals surface area contributed by atoms with Gasteiger partial charge in [0.25, 0.3) is 0 Å². The van der Waals surface area contributed by atoms with E-state index in [0.717, 1.165) is 44.5 Å². The van der Waals surface area contributed by atoms with Crippen LogP contribution >= 0.6 is 0 Å². The molecule has 2 aromatic heterocycles. The smallest absolute Gasteiger partial charge is 0.164 e. The second-order valence-electron chi connectivity index (χ2n) is 14.5. The van der Waals surface area contributed by atoms with E-state index in [2.05, 4.69) is 132 Å². The standard InChI is InChI=1S/C50H38N4/c1-4-15-34(16-5-1)39-20-8-10-22-42(39)48-52-47(35-17-6-2-7-18-35)53-49(54-48)43-23-11-9-21-40(43)37-25-27-45-44(31-37)41-26-24-36(38-19-14-30-51-33-38)32-46(41)50(45)28-12-3-13-29-50/h1-2,4-11,14-27,30-33H,3,12-13,28-29H2. The number of fused-ring (bicyclic) bond motifs is 5. The minimum absolute atomic E-state index is 0.0407. The van der Waals surface area contributed by atoms with Gasteiger partial charge in [0, 0.05) is 34.5 Å². The minimum atomic E-state index is 0.0407. The van der Waals surface area contributed by atoms with Gasteiger partial charge in [0.1, 0.15) is 0 Å². The van der Waals surface area contributed by atoms with Crippen LogP contribution in [0.3, 0.4) is 0 Å². The van der Waals surface area contributed by atoms with Crippen LogP contribution in [-0.4, -0.2) is 19.9 Å². The van der Waals surface area contributed by atoms with Gasteiger partial charge in [0.15, 0.2) is 17.5 Å². The summed E-state index contributed by atoms with van der Waals surface area (Å²) >= 11 is 0. The van der Waals surface area contributed by atoms with Crippen LogP contribution in [0.15, 0.2) is 170 Å². The van der Waals surface area contributed by atoms with Crippen molar-refractivity contribution in [2.75, 3.05) is 0 Å². The molecule has 1 saturated carbocycles. The quantitative estimate of drug-likeness (QED) is 0.174. The molecule has 2 aliphatic rings. The molecule has 8 aromatic rings. The molecule has 0 bridgehead atoms. The largest absolute Gasteiger partial charge is 0.264 e. The van der Waals surface area contributed by atoms with E-state index in [-0.39, 0.29) is 5.41 Å². The molecule has 1 fully saturated rings.